The number of nitrogens with two attached hydrogens (primary N) is 1. The summed E-state index contributed by atoms with van der Waals surface area (Å²) in [5.41, 5.74) is 6.47. The molecule has 0 bridgehead atoms. The first-order valence-electron chi connectivity index (χ1n) is 6.70. The van der Waals surface area contributed by atoms with Gasteiger partial charge in [-0.05, 0) is 26.0 Å². The molecule has 10 heteroatoms. The third-order valence-corrected chi connectivity index (χ3v) is 3.06. The molecule has 3 N–H and O–H groups in total. The van der Waals surface area contributed by atoms with Crippen molar-refractivity contribution in [2.45, 2.75) is 13.3 Å². The van der Waals surface area contributed by atoms with Crippen LogP contribution < -0.4 is 11.1 Å². The summed E-state index contributed by atoms with van der Waals surface area (Å²) in [5, 5.41) is 21.2. The van der Waals surface area contributed by atoms with Crippen LogP contribution in [0.15, 0.2) is 24.3 Å². The normalized spacial score (nSPS) is 10.0. The zero-order valence-corrected chi connectivity index (χ0v) is 13.2. The Morgan fingerprint density at radius 2 is 2.22 bits per heavy atom. The van der Waals surface area contributed by atoms with E-state index in [9.17, 15) is 14.9 Å². The standard InChI is InChI=1S/C13H16N6O3.ClH/c1-9-12(13(20)15-7-3-6-14)16-17-18(9)10-4-2-5-11(8-10)19(21)22;/h2,4-5,8H,3,6-7,14H2,1H3,(H,15,20);1H. The molecule has 23 heavy (non-hydrogen) atoms. The number of benzene rings is 1. The van der Waals surface area contributed by atoms with Crippen molar-refractivity contribution >= 4 is 24.0 Å². The number of amides is 1. The first-order valence-corrected chi connectivity index (χ1v) is 6.70. The van der Waals surface area contributed by atoms with Gasteiger partial charge in [0, 0.05) is 18.7 Å². The van der Waals surface area contributed by atoms with Crippen LogP contribution in [0.25, 0.3) is 5.69 Å². The molecule has 2 rings (SSSR count). The smallest absolute Gasteiger partial charge is 0.273 e. The van der Waals surface area contributed by atoms with Crippen LogP contribution in [0.3, 0.4) is 0 Å². The first kappa shape index (κ1) is 18.5. The van der Waals surface area contributed by atoms with Gasteiger partial charge in [-0.25, -0.2) is 4.68 Å². The van der Waals surface area contributed by atoms with Crippen LogP contribution in [-0.4, -0.2) is 38.9 Å². The van der Waals surface area contributed by atoms with Crippen molar-refractivity contribution in [3.05, 3.63) is 45.8 Å². The predicted molar refractivity (Wildman–Crippen MR) is 86.0 cm³/mol. The SMILES string of the molecule is Cc1c(C(=O)NCCCN)nnn1-c1cccc([N+](=O)[O-])c1.Cl. The van der Waals surface area contributed by atoms with Crippen LogP contribution in [0, 0.1) is 17.0 Å². The van der Waals surface area contributed by atoms with Crippen LogP contribution in [0.4, 0.5) is 5.69 Å². The van der Waals surface area contributed by atoms with E-state index in [0.29, 0.717) is 30.9 Å². The number of nitrogens with one attached hydrogen (secondary N) is 1. The van der Waals surface area contributed by atoms with Gasteiger partial charge in [0.2, 0.25) is 0 Å². The summed E-state index contributed by atoms with van der Waals surface area (Å²) in [7, 11) is 0. The van der Waals surface area contributed by atoms with E-state index in [1.54, 1.807) is 19.1 Å². The maximum Gasteiger partial charge on any atom is 0.273 e. The molecule has 0 fully saturated rings. The fraction of sp³-hybridized carbons (Fsp3) is 0.308. The van der Waals surface area contributed by atoms with Crippen LogP contribution in [0.5, 0.6) is 0 Å². The summed E-state index contributed by atoms with van der Waals surface area (Å²) in [6, 6.07) is 5.97. The molecular weight excluding hydrogens is 324 g/mol. The van der Waals surface area contributed by atoms with E-state index in [2.05, 4.69) is 15.6 Å². The monoisotopic (exact) mass is 340 g/mol. The number of nitro groups is 1. The number of nitro benzene ring substituents is 1. The zero-order valence-electron chi connectivity index (χ0n) is 12.4. The number of hydrogen-bond acceptors (Lipinski definition) is 6. The topological polar surface area (TPSA) is 129 Å². The maximum absolute atomic E-state index is 12.0. The molecule has 0 atom stereocenters. The minimum atomic E-state index is -0.490. The van der Waals surface area contributed by atoms with Gasteiger partial charge >= 0.3 is 0 Å². The number of aromatic nitrogens is 3. The average Bonchev–Trinajstić information content (AvgIpc) is 2.89. The van der Waals surface area contributed by atoms with E-state index in [1.807, 2.05) is 0 Å². The van der Waals surface area contributed by atoms with E-state index < -0.39 is 4.92 Å². The number of carbonyl (C=O) groups excluding carboxylic acids is 1. The van der Waals surface area contributed by atoms with Crippen molar-refractivity contribution in [1.29, 1.82) is 0 Å². The van der Waals surface area contributed by atoms with E-state index in [1.165, 1.54) is 16.8 Å². The second kappa shape index (κ2) is 8.20. The molecular formula is C13H17ClN6O3. The van der Waals surface area contributed by atoms with E-state index in [-0.39, 0.29) is 29.7 Å². The minimum absolute atomic E-state index is 0. The lowest BCUT2D eigenvalue weighted by Crippen LogP contribution is -2.27. The van der Waals surface area contributed by atoms with Crippen LogP contribution in [-0.2, 0) is 0 Å². The quantitative estimate of drug-likeness (QED) is 0.458. The molecule has 0 aliphatic carbocycles. The lowest BCUT2D eigenvalue weighted by molar-refractivity contribution is -0.384. The molecule has 1 amide bonds. The number of nitrogens with zero attached hydrogens (tertiary/aromatic N) is 4. The molecule has 0 saturated carbocycles. The lowest BCUT2D eigenvalue weighted by Gasteiger charge is -2.04. The summed E-state index contributed by atoms with van der Waals surface area (Å²) in [4.78, 5) is 22.3. The molecule has 124 valence electrons. The summed E-state index contributed by atoms with van der Waals surface area (Å²) in [6.45, 7) is 2.62. The highest BCUT2D eigenvalue weighted by Gasteiger charge is 2.18. The molecule has 1 aromatic heterocycles. The van der Waals surface area contributed by atoms with Gasteiger partial charge in [-0.2, -0.15) is 0 Å². The van der Waals surface area contributed by atoms with Crippen LogP contribution in [0.1, 0.15) is 22.6 Å². The molecule has 0 spiro atoms. The fourth-order valence-corrected chi connectivity index (χ4v) is 1.91. The van der Waals surface area contributed by atoms with Crippen molar-refractivity contribution in [2.75, 3.05) is 13.1 Å². The Morgan fingerprint density at radius 1 is 1.48 bits per heavy atom. The number of rotatable bonds is 6. The summed E-state index contributed by atoms with van der Waals surface area (Å²) in [5.74, 6) is -0.345. The van der Waals surface area contributed by atoms with Gasteiger partial charge in [-0.1, -0.05) is 11.3 Å². The molecule has 0 saturated heterocycles. The van der Waals surface area contributed by atoms with Gasteiger partial charge in [0.05, 0.1) is 16.3 Å². The molecule has 0 unspecified atom stereocenters. The van der Waals surface area contributed by atoms with Gasteiger partial charge in [0.15, 0.2) is 5.69 Å². The highest BCUT2D eigenvalue weighted by Crippen LogP contribution is 2.18. The number of hydrogen-bond donors (Lipinski definition) is 2. The maximum atomic E-state index is 12.0. The van der Waals surface area contributed by atoms with Gasteiger partial charge in [0.1, 0.15) is 0 Å². The minimum Gasteiger partial charge on any atom is -0.351 e. The highest BCUT2D eigenvalue weighted by atomic mass is 35.5. The largest absolute Gasteiger partial charge is 0.351 e. The Bertz CT molecular complexity index is 703. The van der Waals surface area contributed by atoms with Crippen LogP contribution in [0.2, 0.25) is 0 Å². The van der Waals surface area contributed by atoms with Crippen LogP contribution >= 0.6 is 12.4 Å². The number of halogens is 1. The van der Waals surface area contributed by atoms with Crippen molar-refractivity contribution in [1.82, 2.24) is 20.3 Å². The molecule has 0 radical (unpaired) electrons. The Labute approximate surface area is 138 Å². The van der Waals surface area contributed by atoms with E-state index >= 15 is 0 Å². The van der Waals surface area contributed by atoms with Gasteiger partial charge in [-0.15, -0.1) is 17.5 Å². The second-order valence-electron chi connectivity index (χ2n) is 4.61. The molecule has 2 aromatic rings. The van der Waals surface area contributed by atoms with Crippen molar-refractivity contribution in [3.63, 3.8) is 0 Å². The summed E-state index contributed by atoms with van der Waals surface area (Å²) < 4.78 is 1.39. The Kier molecular flexibility index (Phi) is 6.61. The predicted octanol–water partition coefficient (Wildman–Crippen LogP) is 0.984. The zero-order chi connectivity index (χ0) is 16.1. The lowest BCUT2D eigenvalue weighted by atomic mass is 10.2. The van der Waals surface area contributed by atoms with Gasteiger partial charge in [-0.3, -0.25) is 14.9 Å². The highest BCUT2D eigenvalue weighted by molar-refractivity contribution is 5.93. The van der Waals surface area contributed by atoms with Crippen molar-refractivity contribution in [3.8, 4) is 5.69 Å². The third kappa shape index (κ3) is 4.24. The van der Waals surface area contributed by atoms with Crippen molar-refractivity contribution < 1.29 is 9.72 Å². The Hall–Kier alpha value is -2.52. The molecule has 1 heterocycles. The summed E-state index contributed by atoms with van der Waals surface area (Å²) >= 11 is 0. The van der Waals surface area contributed by atoms with E-state index in [4.69, 9.17) is 5.73 Å². The number of carbonyl (C=O) groups is 1. The summed E-state index contributed by atoms with van der Waals surface area (Å²) in [6.07, 6.45) is 0.670. The van der Waals surface area contributed by atoms with Gasteiger partial charge in [0.25, 0.3) is 11.6 Å². The van der Waals surface area contributed by atoms with Gasteiger partial charge < -0.3 is 11.1 Å². The van der Waals surface area contributed by atoms with Crippen molar-refractivity contribution in [2.24, 2.45) is 5.73 Å². The Morgan fingerprint density at radius 3 is 2.87 bits per heavy atom. The molecule has 9 nitrogen and oxygen atoms in total. The van der Waals surface area contributed by atoms with E-state index in [0.717, 1.165) is 0 Å². The molecule has 0 aliphatic rings. The second-order valence-corrected chi connectivity index (χ2v) is 4.61. The molecule has 1 aromatic carbocycles. The fourth-order valence-electron chi connectivity index (χ4n) is 1.91. The Balaban J connectivity index is 0.00000264. The number of non-ortho nitro benzene ring substituents is 1. The third-order valence-electron chi connectivity index (χ3n) is 3.06. The first-order chi connectivity index (χ1) is 10.5. The average molecular weight is 341 g/mol. The molecule has 0 aliphatic heterocycles.